The lowest BCUT2D eigenvalue weighted by Gasteiger charge is -2.50. The fourth-order valence-electron chi connectivity index (χ4n) is 5.25. The number of allylic oxidation sites excluding steroid dienone is 2. The van der Waals surface area contributed by atoms with Gasteiger partial charge in [-0.3, -0.25) is 14.4 Å². The van der Waals surface area contributed by atoms with Crippen LogP contribution in [0.1, 0.15) is 67.2 Å². The Bertz CT molecular complexity index is 913. The highest BCUT2D eigenvalue weighted by Gasteiger charge is 2.61. The van der Waals surface area contributed by atoms with E-state index in [-0.39, 0.29) is 18.8 Å². The number of esters is 3. The summed E-state index contributed by atoms with van der Waals surface area (Å²) in [6, 6.07) is 0. The fraction of sp³-hybridized carbons (Fsp3) is 0.667. The van der Waals surface area contributed by atoms with Crippen LogP contribution in [0.4, 0.5) is 0 Å². The summed E-state index contributed by atoms with van der Waals surface area (Å²) in [5.74, 6) is -4.06. The van der Waals surface area contributed by atoms with E-state index in [1.165, 1.54) is 6.92 Å². The molecule has 8 nitrogen and oxygen atoms in total. The minimum atomic E-state index is -1.89. The maximum Gasteiger partial charge on any atom is 0.378 e. The number of carbonyl (C=O) groups is 4. The van der Waals surface area contributed by atoms with Crippen LogP contribution in [0.5, 0.6) is 0 Å². The molecule has 2 heterocycles. The zero-order valence-electron chi connectivity index (χ0n) is 19.5. The summed E-state index contributed by atoms with van der Waals surface area (Å²) in [5, 5.41) is 11.5. The van der Waals surface area contributed by atoms with Crippen molar-refractivity contribution < 1.29 is 38.5 Å². The Morgan fingerprint density at radius 1 is 1.25 bits per heavy atom. The van der Waals surface area contributed by atoms with Crippen molar-refractivity contribution in [2.24, 2.45) is 17.8 Å². The molecule has 32 heavy (non-hydrogen) atoms. The van der Waals surface area contributed by atoms with Crippen molar-refractivity contribution in [1.82, 2.24) is 0 Å². The van der Waals surface area contributed by atoms with Crippen molar-refractivity contribution >= 4 is 23.7 Å². The molecule has 0 aromatic heterocycles. The van der Waals surface area contributed by atoms with Gasteiger partial charge in [0.15, 0.2) is 0 Å². The molecule has 8 heteroatoms. The van der Waals surface area contributed by atoms with Crippen molar-refractivity contribution in [1.29, 1.82) is 0 Å². The van der Waals surface area contributed by atoms with E-state index in [2.05, 4.69) is 0 Å². The van der Waals surface area contributed by atoms with Gasteiger partial charge in [0.1, 0.15) is 23.1 Å². The number of ketones is 1. The van der Waals surface area contributed by atoms with Crippen LogP contribution >= 0.6 is 0 Å². The topological polar surface area (TPSA) is 116 Å². The molecule has 0 radical (unpaired) electrons. The highest BCUT2D eigenvalue weighted by atomic mass is 16.6. The van der Waals surface area contributed by atoms with Gasteiger partial charge >= 0.3 is 17.9 Å². The molecular formula is C24H32O8. The molecule has 2 fully saturated rings. The van der Waals surface area contributed by atoms with Crippen LogP contribution in [0.2, 0.25) is 0 Å². The third-order valence-electron chi connectivity index (χ3n) is 7.17. The molecule has 5 atom stereocenters. The third-order valence-corrected chi connectivity index (χ3v) is 7.17. The van der Waals surface area contributed by atoms with Gasteiger partial charge in [0, 0.05) is 12.8 Å². The average Bonchev–Trinajstić information content (AvgIpc) is 3.08. The molecular weight excluding hydrogens is 416 g/mol. The maximum atomic E-state index is 12.8. The average molecular weight is 449 g/mol. The number of hydrogen-bond acceptors (Lipinski definition) is 8. The number of ether oxygens (including phenoxy) is 3. The van der Waals surface area contributed by atoms with Gasteiger partial charge in [0.05, 0.1) is 12.3 Å². The molecule has 1 unspecified atom stereocenters. The van der Waals surface area contributed by atoms with Crippen LogP contribution in [0.25, 0.3) is 0 Å². The Hall–Kier alpha value is -2.48. The minimum absolute atomic E-state index is 0.0832. The fourth-order valence-corrected chi connectivity index (χ4v) is 5.25. The van der Waals surface area contributed by atoms with E-state index < -0.39 is 52.8 Å². The smallest absolute Gasteiger partial charge is 0.378 e. The summed E-state index contributed by atoms with van der Waals surface area (Å²) in [5.41, 5.74) is -1.57. The van der Waals surface area contributed by atoms with Crippen molar-refractivity contribution in [3.8, 4) is 0 Å². The van der Waals surface area contributed by atoms with Crippen LogP contribution in [0.3, 0.4) is 0 Å². The van der Waals surface area contributed by atoms with Crippen LogP contribution in [0.15, 0.2) is 23.0 Å². The molecule has 2 aliphatic heterocycles. The van der Waals surface area contributed by atoms with E-state index in [4.69, 9.17) is 14.2 Å². The molecule has 0 aromatic rings. The predicted molar refractivity (Wildman–Crippen MR) is 113 cm³/mol. The van der Waals surface area contributed by atoms with E-state index in [9.17, 15) is 24.3 Å². The normalized spacial score (nSPS) is 39.8. The van der Waals surface area contributed by atoms with E-state index in [1.54, 1.807) is 33.8 Å². The van der Waals surface area contributed by atoms with Gasteiger partial charge in [-0.15, -0.1) is 0 Å². The van der Waals surface area contributed by atoms with E-state index in [1.807, 2.05) is 6.92 Å². The number of Topliss-reactive ketones (excluding diaryl/α,β-unsaturated/α-hetero) is 1. The lowest BCUT2D eigenvalue weighted by atomic mass is 9.63. The lowest BCUT2D eigenvalue weighted by molar-refractivity contribution is -0.214. The summed E-state index contributed by atoms with van der Waals surface area (Å²) in [7, 11) is 0. The Morgan fingerprint density at radius 3 is 2.50 bits per heavy atom. The van der Waals surface area contributed by atoms with E-state index in [0.717, 1.165) is 5.57 Å². The quantitative estimate of drug-likeness (QED) is 0.297. The molecule has 0 bridgehead atoms. The summed E-state index contributed by atoms with van der Waals surface area (Å²) in [6.07, 6.45) is 2.13. The van der Waals surface area contributed by atoms with E-state index >= 15 is 0 Å². The third kappa shape index (κ3) is 4.00. The maximum absolute atomic E-state index is 12.8. The first-order chi connectivity index (χ1) is 14.8. The Kier molecular flexibility index (Phi) is 6.39. The number of fused-ring (bicyclic) bond motifs is 2. The zero-order valence-corrected chi connectivity index (χ0v) is 19.5. The van der Waals surface area contributed by atoms with Crippen molar-refractivity contribution in [3.05, 3.63) is 23.0 Å². The second kappa shape index (κ2) is 8.46. The van der Waals surface area contributed by atoms with Gasteiger partial charge in [-0.1, -0.05) is 19.9 Å². The van der Waals surface area contributed by atoms with Crippen LogP contribution in [-0.2, 0) is 33.4 Å². The largest absolute Gasteiger partial charge is 0.457 e. The first-order valence-electron chi connectivity index (χ1n) is 11.1. The monoisotopic (exact) mass is 448 g/mol. The highest BCUT2D eigenvalue weighted by Crippen LogP contribution is 2.47. The van der Waals surface area contributed by atoms with Crippen molar-refractivity contribution in [2.45, 2.75) is 84.5 Å². The number of aliphatic hydroxyl groups is 1. The van der Waals surface area contributed by atoms with Crippen LogP contribution in [0, 0.1) is 17.8 Å². The number of hydrogen-bond donors (Lipinski definition) is 1. The van der Waals surface area contributed by atoms with Gasteiger partial charge < -0.3 is 19.3 Å². The van der Waals surface area contributed by atoms with Crippen molar-refractivity contribution in [3.63, 3.8) is 0 Å². The van der Waals surface area contributed by atoms with Gasteiger partial charge in [0.25, 0.3) is 5.78 Å². The summed E-state index contributed by atoms with van der Waals surface area (Å²) in [6.45, 7) is 10.1. The molecule has 176 valence electrons. The SMILES string of the molecule is CC(=O)OC1/C(C)=C\C[C@H]2[C@](C)(CC/C(C)=C3/OC(=O)C[C@@H]31)OC(=O)C(=O)[C@]2(O)C(C)C. The first kappa shape index (κ1) is 24.2. The Balaban J connectivity index is 2.15. The minimum Gasteiger partial charge on any atom is -0.457 e. The molecule has 3 rings (SSSR count). The van der Waals surface area contributed by atoms with Crippen LogP contribution in [-0.4, -0.2) is 46.1 Å². The summed E-state index contributed by atoms with van der Waals surface area (Å²) in [4.78, 5) is 49.2. The van der Waals surface area contributed by atoms with Gasteiger partial charge in [-0.25, -0.2) is 4.79 Å². The second-order valence-electron chi connectivity index (χ2n) is 9.71. The summed E-state index contributed by atoms with van der Waals surface area (Å²) >= 11 is 0. The number of rotatable bonds is 2. The number of carbonyl (C=O) groups excluding carboxylic acids is 4. The molecule has 0 spiro atoms. The lowest BCUT2D eigenvalue weighted by Crippen LogP contribution is -2.66. The van der Waals surface area contributed by atoms with E-state index in [0.29, 0.717) is 24.2 Å². The molecule has 3 aliphatic rings. The van der Waals surface area contributed by atoms with Gasteiger partial charge in [-0.05, 0) is 57.1 Å². The van der Waals surface area contributed by atoms with Gasteiger partial charge in [-0.2, -0.15) is 0 Å². The first-order valence-corrected chi connectivity index (χ1v) is 11.1. The van der Waals surface area contributed by atoms with Crippen LogP contribution < -0.4 is 0 Å². The molecule has 2 saturated heterocycles. The Labute approximate surface area is 188 Å². The molecule has 1 aliphatic carbocycles. The van der Waals surface area contributed by atoms with Gasteiger partial charge in [0.2, 0.25) is 0 Å². The zero-order chi connectivity index (χ0) is 24.0. The second-order valence-corrected chi connectivity index (χ2v) is 9.71. The summed E-state index contributed by atoms with van der Waals surface area (Å²) < 4.78 is 16.7. The standard InChI is InChI=1S/C24H32O8/c1-12(2)24(29)17-8-7-13(3)19(30-15(5)25)16-11-18(26)31-20(16)14(4)9-10-23(17,6)32-22(28)21(24)27/h7,12,16-17,19,29H,8-11H2,1-6H3/b13-7-,20-14+/t16-,17+,19?,23+,24+/m1/s1. The van der Waals surface area contributed by atoms with Crippen molar-refractivity contribution in [2.75, 3.05) is 0 Å². The predicted octanol–water partition coefficient (Wildman–Crippen LogP) is 2.77. The molecule has 0 aromatic carbocycles. The molecule has 0 amide bonds. The Morgan fingerprint density at radius 2 is 1.91 bits per heavy atom. The molecule has 1 N–H and O–H groups in total. The highest BCUT2D eigenvalue weighted by molar-refractivity contribution is 6.37. The molecule has 0 saturated carbocycles.